The van der Waals surface area contributed by atoms with E-state index in [0.717, 1.165) is 6.42 Å². The molecule has 0 saturated carbocycles. The van der Waals surface area contributed by atoms with Crippen molar-refractivity contribution in [2.45, 2.75) is 31.7 Å². The van der Waals surface area contributed by atoms with E-state index in [1.54, 1.807) is 33.5 Å². The van der Waals surface area contributed by atoms with E-state index in [4.69, 9.17) is 23.7 Å². The molecule has 0 amide bonds. The Bertz CT molecular complexity index is 470. The first-order chi connectivity index (χ1) is 10.7. The van der Waals surface area contributed by atoms with Gasteiger partial charge in [0.25, 0.3) is 0 Å². The Labute approximate surface area is 130 Å². The number of benzene rings is 1. The molecule has 22 heavy (non-hydrogen) atoms. The minimum atomic E-state index is -0.691. The van der Waals surface area contributed by atoms with Gasteiger partial charge in [-0.1, -0.05) is 0 Å². The molecule has 0 radical (unpaired) electrons. The van der Waals surface area contributed by atoms with Crippen LogP contribution in [0.3, 0.4) is 0 Å². The molecule has 0 bridgehead atoms. The highest BCUT2D eigenvalue weighted by molar-refractivity contribution is 5.51. The Kier molecular flexibility index (Phi) is 6.30. The summed E-state index contributed by atoms with van der Waals surface area (Å²) in [7, 11) is 4.68. The van der Waals surface area contributed by atoms with E-state index < -0.39 is 6.10 Å². The first-order valence-electron chi connectivity index (χ1n) is 7.40. The fourth-order valence-electron chi connectivity index (χ4n) is 2.47. The molecule has 1 aliphatic heterocycles. The van der Waals surface area contributed by atoms with Gasteiger partial charge in [0.05, 0.1) is 40.6 Å². The zero-order valence-corrected chi connectivity index (χ0v) is 13.3. The van der Waals surface area contributed by atoms with Gasteiger partial charge < -0.3 is 28.8 Å². The summed E-state index contributed by atoms with van der Waals surface area (Å²) >= 11 is 0. The molecule has 1 heterocycles. The topological polar surface area (TPSA) is 66.4 Å². The maximum absolute atomic E-state index is 10.5. The lowest BCUT2D eigenvalue weighted by Crippen LogP contribution is -2.25. The van der Waals surface area contributed by atoms with Crippen LogP contribution in [-0.4, -0.2) is 45.9 Å². The Hall–Kier alpha value is -1.50. The van der Waals surface area contributed by atoms with Crippen LogP contribution in [0.1, 0.15) is 30.9 Å². The van der Waals surface area contributed by atoms with Crippen molar-refractivity contribution in [1.82, 2.24) is 0 Å². The molecular weight excluding hydrogens is 288 g/mol. The number of ether oxygens (including phenoxy) is 5. The van der Waals surface area contributed by atoms with E-state index in [1.165, 1.54) is 0 Å². The molecule has 124 valence electrons. The SMILES string of the molecule is COc1cc(OC)c([C@H](O)CCC2OCCCO2)cc1OC. The summed E-state index contributed by atoms with van der Waals surface area (Å²) < 4.78 is 26.8. The van der Waals surface area contributed by atoms with Gasteiger partial charge in [-0.3, -0.25) is 0 Å². The minimum Gasteiger partial charge on any atom is -0.496 e. The third kappa shape index (κ3) is 4.03. The quantitative estimate of drug-likeness (QED) is 0.833. The average Bonchev–Trinajstić information content (AvgIpc) is 2.59. The van der Waals surface area contributed by atoms with Crippen LogP contribution in [0.5, 0.6) is 17.2 Å². The first-order valence-corrected chi connectivity index (χ1v) is 7.40. The van der Waals surface area contributed by atoms with Crippen molar-refractivity contribution < 1.29 is 28.8 Å². The molecule has 0 spiro atoms. The van der Waals surface area contributed by atoms with E-state index in [2.05, 4.69) is 0 Å². The second-order valence-electron chi connectivity index (χ2n) is 5.07. The van der Waals surface area contributed by atoms with Crippen LogP contribution < -0.4 is 14.2 Å². The van der Waals surface area contributed by atoms with Gasteiger partial charge in [-0.15, -0.1) is 0 Å². The van der Waals surface area contributed by atoms with Gasteiger partial charge >= 0.3 is 0 Å². The summed E-state index contributed by atoms with van der Waals surface area (Å²) in [5.74, 6) is 1.69. The van der Waals surface area contributed by atoms with Crippen molar-refractivity contribution >= 4 is 0 Å². The van der Waals surface area contributed by atoms with Gasteiger partial charge in [-0.2, -0.15) is 0 Å². The van der Waals surface area contributed by atoms with Gasteiger partial charge in [0, 0.05) is 18.1 Å². The van der Waals surface area contributed by atoms with Crippen molar-refractivity contribution in [1.29, 1.82) is 0 Å². The number of hydrogen-bond donors (Lipinski definition) is 1. The maximum atomic E-state index is 10.5. The fourth-order valence-corrected chi connectivity index (χ4v) is 2.47. The normalized spacial score (nSPS) is 17.1. The van der Waals surface area contributed by atoms with Gasteiger partial charge in [-0.05, 0) is 18.9 Å². The van der Waals surface area contributed by atoms with Gasteiger partial charge in [-0.25, -0.2) is 0 Å². The van der Waals surface area contributed by atoms with E-state index in [9.17, 15) is 5.11 Å². The van der Waals surface area contributed by atoms with Crippen molar-refractivity contribution in [3.8, 4) is 17.2 Å². The van der Waals surface area contributed by atoms with E-state index in [1.807, 2.05) is 0 Å². The van der Waals surface area contributed by atoms with Gasteiger partial charge in [0.2, 0.25) is 0 Å². The lowest BCUT2D eigenvalue weighted by Gasteiger charge is -2.24. The molecule has 1 fully saturated rings. The highest BCUT2D eigenvalue weighted by Gasteiger charge is 2.21. The molecule has 1 aromatic rings. The molecule has 1 N–H and O–H groups in total. The highest BCUT2D eigenvalue weighted by Crippen LogP contribution is 2.38. The first kappa shape index (κ1) is 16.9. The second-order valence-corrected chi connectivity index (χ2v) is 5.07. The van der Waals surface area contributed by atoms with Crippen molar-refractivity contribution in [2.24, 2.45) is 0 Å². The standard InChI is InChI=1S/C16H24O6/c1-18-13-10-15(20-3)14(19-2)9-11(13)12(17)5-6-16-21-7-4-8-22-16/h9-10,12,16-17H,4-8H2,1-3H3/t12-/m1/s1. The summed E-state index contributed by atoms with van der Waals surface area (Å²) in [5, 5.41) is 10.5. The summed E-state index contributed by atoms with van der Waals surface area (Å²) in [6.45, 7) is 1.42. The van der Waals surface area contributed by atoms with Crippen molar-refractivity contribution in [2.75, 3.05) is 34.5 Å². The van der Waals surface area contributed by atoms with Crippen LogP contribution in [0.4, 0.5) is 0 Å². The van der Waals surface area contributed by atoms with Crippen molar-refractivity contribution in [3.05, 3.63) is 17.7 Å². The number of aliphatic hydroxyl groups is 1. The van der Waals surface area contributed by atoms with E-state index in [-0.39, 0.29) is 6.29 Å². The number of aliphatic hydroxyl groups excluding tert-OH is 1. The van der Waals surface area contributed by atoms with Crippen molar-refractivity contribution in [3.63, 3.8) is 0 Å². The Morgan fingerprint density at radius 1 is 1.05 bits per heavy atom. The lowest BCUT2D eigenvalue weighted by atomic mass is 10.0. The smallest absolute Gasteiger partial charge is 0.164 e. The summed E-state index contributed by atoms with van der Waals surface area (Å²) in [5.41, 5.74) is 0.663. The zero-order chi connectivity index (χ0) is 15.9. The largest absolute Gasteiger partial charge is 0.496 e. The van der Waals surface area contributed by atoms with E-state index in [0.29, 0.717) is 48.9 Å². The molecule has 1 aliphatic rings. The van der Waals surface area contributed by atoms with E-state index >= 15 is 0 Å². The summed E-state index contributed by atoms with van der Waals surface area (Å²) in [6, 6.07) is 3.45. The molecular formula is C16H24O6. The Balaban J connectivity index is 2.08. The number of rotatable bonds is 7. The number of hydrogen-bond acceptors (Lipinski definition) is 6. The molecule has 2 rings (SSSR count). The maximum Gasteiger partial charge on any atom is 0.164 e. The molecule has 6 nitrogen and oxygen atoms in total. The molecule has 1 atom stereocenters. The van der Waals surface area contributed by atoms with Crippen LogP contribution in [0, 0.1) is 0 Å². The zero-order valence-electron chi connectivity index (χ0n) is 13.3. The average molecular weight is 312 g/mol. The number of methoxy groups -OCH3 is 3. The second kappa shape index (κ2) is 8.22. The lowest BCUT2D eigenvalue weighted by molar-refractivity contribution is -0.183. The predicted molar refractivity (Wildman–Crippen MR) is 80.6 cm³/mol. The van der Waals surface area contributed by atoms with Crippen LogP contribution in [0.2, 0.25) is 0 Å². The minimum absolute atomic E-state index is 0.241. The van der Waals surface area contributed by atoms with Gasteiger partial charge in [0.15, 0.2) is 17.8 Å². The van der Waals surface area contributed by atoms with Crippen LogP contribution >= 0.6 is 0 Å². The molecule has 6 heteroatoms. The Morgan fingerprint density at radius 3 is 2.23 bits per heavy atom. The molecule has 0 aliphatic carbocycles. The van der Waals surface area contributed by atoms with Gasteiger partial charge in [0.1, 0.15) is 5.75 Å². The summed E-state index contributed by atoms with van der Waals surface area (Å²) in [4.78, 5) is 0. The summed E-state index contributed by atoms with van der Waals surface area (Å²) in [6.07, 6.45) is 1.12. The van der Waals surface area contributed by atoms with Crippen LogP contribution in [0.25, 0.3) is 0 Å². The fraction of sp³-hybridized carbons (Fsp3) is 0.625. The molecule has 0 unspecified atom stereocenters. The molecule has 0 aromatic heterocycles. The molecule has 1 saturated heterocycles. The third-order valence-corrected chi connectivity index (χ3v) is 3.67. The monoisotopic (exact) mass is 312 g/mol. The van der Waals surface area contributed by atoms with Crippen LogP contribution in [0.15, 0.2) is 12.1 Å². The van der Waals surface area contributed by atoms with Crippen LogP contribution in [-0.2, 0) is 9.47 Å². The Morgan fingerprint density at radius 2 is 1.64 bits per heavy atom. The predicted octanol–water partition coefficient (Wildman–Crippen LogP) is 2.29. The molecule has 1 aromatic carbocycles. The highest BCUT2D eigenvalue weighted by atomic mass is 16.7. The third-order valence-electron chi connectivity index (χ3n) is 3.67.